The summed E-state index contributed by atoms with van der Waals surface area (Å²) in [7, 11) is 2.05. The van der Waals surface area contributed by atoms with Crippen molar-refractivity contribution in [1.82, 2.24) is 5.32 Å². The molecule has 1 N–H and O–H groups in total. The fourth-order valence-electron chi connectivity index (χ4n) is 3.04. The van der Waals surface area contributed by atoms with E-state index in [1.165, 1.54) is 12.0 Å². The fraction of sp³-hybridized carbons (Fsp3) is 0.368. The third kappa shape index (κ3) is 3.11. The van der Waals surface area contributed by atoms with E-state index in [1.54, 1.807) is 0 Å². The number of benzene rings is 2. The van der Waals surface area contributed by atoms with E-state index in [0.29, 0.717) is 11.5 Å². The van der Waals surface area contributed by atoms with Crippen molar-refractivity contribution >= 4 is 0 Å². The summed E-state index contributed by atoms with van der Waals surface area (Å²) in [6, 6.07) is 18.8. The molecule has 2 aromatic rings. The van der Waals surface area contributed by atoms with E-state index in [2.05, 4.69) is 43.4 Å². The summed E-state index contributed by atoms with van der Waals surface area (Å²) < 4.78 is 5.84. The predicted molar refractivity (Wildman–Crippen MR) is 86.6 cm³/mol. The number of hydrogen-bond acceptors (Lipinski definition) is 2. The van der Waals surface area contributed by atoms with Crippen LogP contribution in [-0.4, -0.2) is 7.05 Å². The second kappa shape index (κ2) is 5.53. The van der Waals surface area contributed by atoms with Crippen molar-refractivity contribution in [2.45, 2.75) is 26.3 Å². The van der Waals surface area contributed by atoms with Crippen molar-refractivity contribution in [2.75, 3.05) is 7.05 Å². The summed E-state index contributed by atoms with van der Waals surface area (Å²) in [4.78, 5) is 0. The molecule has 0 saturated heterocycles. The Balaban J connectivity index is 1.72. The highest BCUT2D eigenvalue weighted by molar-refractivity contribution is 5.34. The number of nitrogens with one attached hydrogen (secondary N) is 1. The molecule has 1 saturated carbocycles. The molecule has 0 heterocycles. The molecule has 2 unspecified atom stereocenters. The summed E-state index contributed by atoms with van der Waals surface area (Å²) in [5.74, 6) is 2.48. The van der Waals surface area contributed by atoms with Gasteiger partial charge in [0, 0.05) is 6.04 Å². The van der Waals surface area contributed by atoms with Gasteiger partial charge in [0.25, 0.3) is 0 Å². The summed E-state index contributed by atoms with van der Waals surface area (Å²) in [6.07, 6.45) is 1.29. The van der Waals surface area contributed by atoms with Crippen LogP contribution in [0.3, 0.4) is 0 Å². The van der Waals surface area contributed by atoms with Crippen LogP contribution < -0.4 is 10.1 Å². The fourth-order valence-corrected chi connectivity index (χ4v) is 3.04. The van der Waals surface area contributed by atoms with Crippen LogP contribution in [0.2, 0.25) is 0 Å². The Morgan fingerprint density at radius 2 is 1.57 bits per heavy atom. The minimum absolute atomic E-state index is 0.436. The highest BCUT2D eigenvalue weighted by atomic mass is 16.5. The molecule has 2 atom stereocenters. The van der Waals surface area contributed by atoms with Crippen molar-refractivity contribution in [2.24, 2.45) is 11.3 Å². The van der Waals surface area contributed by atoms with Crippen molar-refractivity contribution in [3.8, 4) is 11.5 Å². The van der Waals surface area contributed by atoms with Crippen LogP contribution >= 0.6 is 0 Å². The monoisotopic (exact) mass is 281 g/mol. The molecule has 3 rings (SSSR count). The van der Waals surface area contributed by atoms with Gasteiger partial charge in [-0.2, -0.15) is 0 Å². The van der Waals surface area contributed by atoms with Gasteiger partial charge >= 0.3 is 0 Å². The highest BCUT2D eigenvalue weighted by Crippen LogP contribution is 2.57. The molecule has 0 radical (unpaired) electrons. The van der Waals surface area contributed by atoms with Crippen molar-refractivity contribution in [3.63, 3.8) is 0 Å². The molecular formula is C19H23NO. The lowest BCUT2D eigenvalue weighted by Crippen LogP contribution is -2.20. The SMILES string of the molecule is CNC(c1ccc(Oc2ccccc2)cc1)C1CC1(C)C. The van der Waals surface area contributed by atoms with Gasteiger partial charge in [0.05, 0.1) is 0 Å². The van der Waals surface area contributed by atoms with Crippen molar-refractivity contribution in [1.29, 1.82) is 0 Å². The van der Waals surface area contributed by atoms with E-state index in [9.17, 15) is 0 Å². The van der Waals surface area contributed by atoms with Gasteiger partial charge in [-0.15, -0.1) is 0 Å². The number of rotatable bonds is 5. The van der Waals surface area contributed by atoms with Crippen LogP contribution in [-0.2, 0) is 0 Å². The molecule has 110 valence electrons. The third-order valence-corrected chi connectivity index (χ3v) is 4.52. The number of para-hydroxylation sites is 1. The Morgan fingerprint density at radius 3 is 2.10 bits per heavy atom. The first-order valence-corrected chi connectivity index (χ1v) is 7.60. The van der Waals surface area contributed by atoms with Gasteiger partial charge < -0.3 is 10.1 Å². The standard InChI is InChI=1S/C19H23NO/c1-19(2)13-17(19)18(20-3)14-9-11-16(12-10-14)21-15-7-5-4-6-8-15/h4-12,17-18,20H,13H2,1-3H3. The maximum Gasteiger partial charge on any atom is 0.127 e. The molecule has 2 nitrogen and oxygen atoms in total. The first kappa shape index (κ1) is 14.2. The van der Waals surface area contributed by atoms with E-state index in [1.807, 2.05) is 37.4 Å². The summed E-state index contributed by atoms with van der Waals surface area (Å²) in [6.45, 7) is 4.68. The van der Waals surface area contributed by atoms with Gasteiger partial charge in [-0.1, -0.05) is 44.2 Å². The normalized spacial score (nSPS) is 20.8. The second-order valence-corrected chi connectivity index (χ2v) is 6.55. The van der Waals surface area contributed by atoms with E-state index in [0.717, 1.165) is 17.4 Å². The Hall–Kier alpha value is -1.80. The second-order valence-electron chi connectivity index (χ2n) is 6.55. The molecule has 21 heavy (non-hydrogen) atoms. The Morgan fingerprint density at radius 1 is 1.00 bits per heavy atom. The number of ether oxygens (including phenoxy) is 1. The molecule has 1 fully saturated rings. The first-order valence-electron chi connectivity index (χ1n) is 7.60. The Kier molecular flexibility index (Phi) is 3.73. The smallest absolute Gasteiger partial charge is 0.127 e. The molecule has 1 aliphatic carbocycles. The zero-order valence-electron chi connectivity index (χ0n) is 13.0. The summed E-state index contributed by atoms with van der Waals surface area (Å²) in [5, 5.41) is 3.46. The van der Waals surface area contributed by atoms with E-state index >= 15 is 0 Å². The van der Waals surface area contributed by atoms with Crippen LogP contribution in [0.4, 0.5) is 0 Å². The molecule has 2 heteroatoms. The van der Waals surface area contributed by atoms with Crippen LogP contribution in [0, 0.1) is 11.3 Å². The van der Waals surface area contributed by atoms with Gasteiger partial charge in [-0.05, 0) is 54.6 Å². The van der Waals surface area contributed by atoms with Gasteiger partial charge in [-0.3, -0.25) is 0 Å². The van der Waals surface area contributed by atoms with Gasteiger partial charge in [0.15, 0.2) is 0 Å². The lowest BCUT2D eigenvalue weighted by atomic mass is 9.97. The molecule has 0 aromatic heterocycles. The minimum Gasteiger partial charge on any atom is -0.457 e. The minimum atomic E-state index is 0.436. The van der Waals surface area contributed by atoms with Gasteiger partial charge in [0.2, 0.25) is 0 Å². The van der Waals surface area contributed by atoms with Crippen molar-refractivity contribution < 1.29 is 4.74 Å². The molecule has 0 amide bonds. The summed E-state index contributed by atoms with van der Waals surface area (Å²) in [5.41, 5.74) is 1.81. The van der Waals surface area contributed by atoms with Gasteiger partial charge in [-0.25, -0.2) is 0 Å². The predicted octanol–water partition coefficient (Wildman–Crippen LogP) is 4.79. The third-order valence-electron chi connectivity index (χ3n) is 4.52. The number of hydrogen-bond donors (Lipinski definition) is 1. The Bertz CT molecular complexity index is 589. The van der Waals surface area contributed by atoms with Crippen LogP contribution in [0.25, 0.3) is 0 Å². The van der Waals surface area contributed by atoms with E-state index in [-0.39, 0.29) is 0 Å². The average molecular weight is 281 g/mol. The largest absolute Gasteiger partial charge is 0.457 e. The van der Waals surface area contributed by atoms with E-state index in [4.69, 9.17) is 4.74 Å². The lowest BCUT2D eigenvalue weighted by Gasteiger charge is -2.19. The topological polar surface area (TPSA) is 21.3 Å². The maximum absolute atomic E-state index is 5.84. The average Bonchev–Trinajstić information content (AvgIpc) is 3.11. The lowest BCUT2D eigenvalue weighted by molar-refractivity contribution is 0.439. The van der Waals surface area contributed by atoms with Gasteiger partial charge in [0.1, 0.15) is 11.5 Å². The zero-order valence-corrected chi connectivity index (χ0v) is 13.0. The quantitative estimate of drug-likeness (QED) is 0.851. The highest BCUT2D eigenvalue weighted by Gasteiger charge is 2.49. The van der Waals surface area contributed by atoms with Crippen LogP contribution in [0.5, 0.6) is 11.5 Å². The summed E-state index contributed by atoms with van der Waals surface area (Å²) >= 11 is 0. The molecule has 0 bridgehead atoms. The van der Waals surface area contributed by atoms with Crippen molar-refractivity contribution in [3.05, 3.63) is 60.2 Å². The molecule has 0 aliphatic heterocycles. The molecule has 0 spiro atoms. The first-order chi connectivity index (χ1) is 10.1. The van der Waals surface area contributed by atoms with Crippen LogP contribution in [0.1, 0.15) is 31.9 Å². The molecule has 1 aliphatic rings. The Labute approximate surface area is 127 Å². The van der Waals surface area contributed by atoms with E-state index < -0.39 is 0 Å². The maximum atomic E-state index is 5.84. The molecular weight excluding hydrogens is 258 g/mol. The molecule has 2 aromatic carbocycles. The zero-order chi connectivity index (χ0) is 14.9. The van der Waals surface area contributed by atoms with Crippen LogP contribution in [0.15, 0.2) is 54.6 Å².